The molecule has 0 unspecified atom stereocenters. The zero-order valence-electron chi connectivity index (χ0n) is 10.4. The quantitative estimate of drug-likeness (QED) is 0.894. The molecule has 0 bridgehead atoms. The van der Waals surface area contributed by atoms with E-state index in [4.69, 9.17) is 5.11 Å². The minimum Gasteiger partial charge on any atom is -0.478 e. The van der Waals surface area contributed by atoms with Gasteiger partial charge in [-0.15, -0.1) is 0 Å². The molecular formula is C13H15N3O2. The summed E-state index contributed by atoms with van der Waals surface area (Å²) < 4.78 is 0. The molecule has 0 spiro atoms. The summed E-state index contributed by atoms with van der Waals surface area (Å²) in [5, 5.41) is 9.88. The van der Waals surface area contributed by atoms with Crippen molar-refractivity contribution in [2.24, 2.45) is 0 Å². The Morgan fingerprint density at radius 3 is 2.89 bits per heavy atom. The molecule has 0 saturated heterocycles. The molecular weight excluding hydrogens is 230 g/mol. The van der Waals surface area contributed by atoms with E-state index >= 15 is 0 Å². The summed E-state index contributed by atoms with van der Waals surface area (Å²) in [6, 6.07) is 5.07. The number of benzene rings is 1. The first-order valence-electron chi connectivity index (χ1n) is 5.83. The van der Waals surface area contributed by atoms with Crippen LogP contribution in [0.25, 0.3) is 10.9 Å². The second-order valence-corrected chi connectivity index (χ2v) is 4.14. The van der Waals surface area contributed by atoms with Crippen LogP contribution in [0.15, 0.2) is 24.4 Å². The average molecular weight is 245 g/mol. The van der Waals surface area contributed by atoms with Crippen molar-refractivity contribution in [2.45, 2.75) is 13.3 Å². The lowest BCUT2D eigenvalue weighted by Gasteiger charge is -2.16. The van der Waals surface area contributed by atoms with E-state index in [0.717, 1.165) is 18.4 Å². The Hall–Kier alpha value is -2.17. The van der Waals surface area contributed by atoms with Gasteiger partial charge < -0.3 is 10.0 Å². The largest absolute Gasteiger partial charge is 0.478 e. The summed E-state index contributed by atoms with van der Waals surface area (Å²) in [5.41, 5.74) is 0.694. The van der Waals surface area contributed by atoms with Crippen LogP contribution in [0, 0.1) is 0 Å². The van der Waals surface area contributed by atoms with Crippen molar-refractivity contribution in [3.63, 3.8) is 0 Å². The smallest absolute Gasteiger partial charge is 0.337 e. The molecule has 18 heavy (non-hydrogen) atoms. The standard InChI is InChI=1S/C13H15N3O2/c1-3-7-16(2)13-14-8-9-5-4-6-10(12(17)18)11(9)15-13/h4-6,8H,3,7H2,1-2H3,(H,17,18). The normalized spacial score (nSPS) is 10.6. The Morgan fingerprint density at radius 2 is 2.22 bits per heavy atom. The van der Waals surface area contributed by atoms with E-state index in [2.05, 4.69) is 16.9 Å². The van der Waals surface area contributed by atoms with Gasteiger partial charge in [-0.2, -0.15) is 0 Å². The molecule has 0 radical (unpaired) electrons. The fourth-order valence-corrected chi connectivity index (χ4v) is 1.84. The first kappa shape index (κ1) is 12.3. The number of hydrogen-bond acceptors (Lipinski definition) is 4. The second kappa shape index (κ2) is 5.00. The summed E-state index contributed by atoms with van der Waals surface area (Å²) in [6.45, 7) is 2.90. The van der Waals surface area contributed by atoms with E-state index in [1.807, 2.05) is 18.0 Å². The van der Waals surface area contributed by atoms with Crippen LogP contribution in [0.1, 0.15) is 23.7 Å². The van der Waals surface area contributed by atoms with Crippen LogP contribution in [-0.2, 0) is 0 Å². The molecule has 1 aromatic heterocycles. The highest BCUT2D eigenvalue weighted by molar-refractivity contribution is 6.01. The topological polar surface area (TPSA) is 66.3 Å². The highest BCUT2D eigenvalue weighted by Gasteiger charge is 2.11. The molecule has 1 aromatic carbocycles. The summed E-state index contributed by atoms with van der Waals surface area (Å²) in [6.07, 6.45) is 2.65. The van der Waals surface area contributed by atoms with Crippen LogP contribution in [0.4, 0.5) is 5.95 Å². The molecule has 0 amide bonds. The third-order valence-electron chi connectivity index (χ3n) is 2.73. The highest BCUT2D eigenvalue weighted by Crippen LogP contribution is 2.18. The maximum Gasteiger partial charge on any atom is 0.337 e. The number of para-hydroxylation sites is 1. The monoisotopic (exact) mass is 245 g/mol. The van der Waals surface area contributed by atoms with Gasteiger partial charge in [0.25, 0.3) is 0 Å². The lowest BCUT2D eigenvalue weighted by Crippen LogP contribution is -2.20. The molecule has 0 aliphatic carbocycles. The van der Waals surface area contributed by atoms with E-state index in [1.54, 1.807) is 18.3 Å². The first-order chi connectivity index (χ1) is 8.63. The molecule has 1 heterocycles. The van der Waals surface area contributed by atoms with Gasteiger partial charge in [-0.05, 0) is 12.5 Å². The van der Waals surface area contributed by atoms with Crippen molar-refractivity contribution < 1.29 is 9.90 Å². The molecule has 0 atom stereocenters. The van der Waals surface area contributed by atoms with Crippen molar-refractivity contribution in [1.82, 2.24) is 9.97 Å². The zero-order valence-corrected chi connectivity index (χ0v) is 10.4. The maximum absolute atomic E-state index is 11.1. The SMILES string of the molecule is CCCN(C)c1ncc2cccc(C(=O)O)c2n1. The third kappa shape index (κ3) is 2.25. The second-order valence-electron chi connectivity index (χ2n) is 4.14. The van der Waals surface area contributed by atoms with Crippen molar-refractivity contribution >= 4 is 22.8 Å². The van der Waals surface area contributed by atoms with Gasteiger partial charge in [0.1, 0.15) is 0 Å². The predicted molar refractivity (Wildman–Crippen MR) is 70.1 cm³/mol. The third-order valence-corrected chi connectivity index (χ3v) is 2.73. The lowest BCUT2D eigenvalue weighted by molar-refractivity contribution is 0.0699. The van der Waals surface area contributed by atoms with Gasteiger partial charge in [-0.25, -0.2) is 14.8 Å². The van der Waals surface area contributed by atoms with E-state index in [9.17, 15) is 4.79 Å². The van der Waals surface area contributed by atoms with Crippen molar-refractivity contribution in [1.29, 1.82) is 0 Å². The number of rotatable bonds is 4. The molecule has 0 fully saturated rings. The van der Waals surface area contributed by atoms with Gasteiger partial charge in [-0.3, -0.25) is 0 Å². The van der Waals surface area contributed by atoms with E-state index < -0.39 is 5.97 Å². The van der Waals surface area contributed by atoms with Crippen LogP contribution in [0.3, 0.4) is 0 Å². The summed E-state index contributed by atoms with van der Waals surface area (Å²) in [7, 11) is 1.90. The number of carboxylic acid groups (broad SMARTS) is 1. The number of nitrogens with zero attached hydrogens (tertiary/aromatic N) is 3. The molecule has 2 rings (SSSR count). The number of fused-ring (bicyclic) bond motifs is 1. The minimum atomic E-state index is -0.969. The van der Waals surface area contributed by atoms with Crippen LogP contribution >= 0.6 is 0 Å². The number of hydrogen-bond donors (Lipinski definition) is 1. The first-order valence-corrected chi connectivity index (χ1v) is 5.83. The van der Waals surface area contributed by atoms with Gasteiger partial charge in [-0.1, -0.05) is 19.1 Å². The summed E-state index contributed by atoms with van der Waals surface area (Å²) >= 11 is 0. The van der Waals surface area contributed by atoms with Crippen LogP contribution in [-0.4, -0.2) is 34.6 Å². The fraction of sp³-hybridized carbons (Fsp3) is 0.308. The number of aromatic nitrogens is 2. The average Bonchev–Trinajstić information content (AvgIpc) is 2.37. The fourth-order valence-electron chi connectivity index (χ4n) is 1.84. The van der Waals surface area contributed by atoms with Gasteiger partial charge in [0.15, 0.2) is 0 Å². The zero-order chi connectivity index (χ0) is 13.1. The lowest BCUT2D eigenvalue weighted by atomic mass is 10.1. The van der Waals surface area contributed by atoms with Crippen LogP contribution < -0.4 is 4.90 Å². The molecule has 1 N–H and O–H groups in total. The Morgan fingerprint density at radius 1 is 1.44 bits per heavy atom. The Bertz CT molecular complexity index is 583. The molecule has 0 aliphatic heterocycles. The van der Waals surface area contributed by atoms with E-state index in [0.29, 0.717) is 11.5 Å². The molecule has 5 nitrogen and oxygen atoms in total. The van der Waals surface area contributed by atoms with E-state index in [1.165, 1.54) is 0 Å². The van der Waals surface area contributed by atoms with Gasteiger partial charge in [0.2, 0.25) is 5.95 Å². The van der Waals surface area contributed by atoms with E-state index in [-0.39, 0.29) is 5.56 Å². The van der Waals surface area contributed by atoms with Crippen LogP contribution in [0.2, 0.25) is 0 Å². The minimum absolute atomic E-state index is 0.209. The Balaban J connectivity index is 2.55. The Kier molecular flexibility index (Phi) is 3.41. The van der Waals surface area contributed by atoms with Crippen molar-refractivity contribution in [3.8, 4) is 0 Å². The number of anilines is 1. The number of carbonyl (C=O) groups is 1. The molecule has 5 heteroatoms. The molecule has 2 aromatic rings. The van der Waals surface area contributed by atoms with Crippen LogP contribution in [0.5, 0.6) is 0 Å². The molecule has 0 aliphatic rings. The Labute approximate surface area is 105 Å². The predicted octanol–water partition coefficient (Wildman–Crippen LogP) is 2.17. The number of aromatic carboxylic acids is 1. The highest BCUT2D eigenvalue weighted by atomic mass is 16.4. The molecule has 94 valence electrons. The van der Waals surface area contributed by atoms with Gasteiger partial charge in [0, 0.05) is 25.2 Å². The van der Waals surface area contributed by atoms with Crippen molar-refractivity contribution in [2.75, 3.05) is 18.5 Å². The number of carboxylic acids is 1. The van der Waals surface area contributed by atoms with Crippen molar-refractivity contribution in [3.05, 3.63) is 30.0 Å². The molecule has 0 saturated carbocycles. The summed E-state index contributed by atoms with van der Waals surface area (Å²) in [4.78, 5) is 21.7. The van der Waals surface area contributed by atoms with Gasteiger partial charge in [0.05, 0.1) is 11.1 Å². The summed E-state index contributed by atoms with van der Waals surface area (Å²) in [5.74, 6) is -0.415. The maximum atomic E-state index is 11.1. The van der Waals surface area contributed by atoms with Gasteiger partial charge >= 0.3 is 5.97 Å².